The summed E-state index contributed by atoms with van der Waals surface area (Å²) in [6, 6.07) is 11.9. The van der Waals surface area contributed by atoms with Crippen molar-refractivity contribution in [3.8, 4) is 5.75 Å². The van der Waals surface area contributed by atoms with Gasteiger partial charge in [0, 0.05) is 35.0 Å². The van der Waals surface area contributed by atoms with Gasteiger partial charge >= 0.3 is 0 Å². The van der Waals surface area contributed by atoms with E-state index in [2.05, 4.69) is 40.7 Å². The number of likely N-dealkylation sites (N-methyl/N-ethyl adjacent to an activating group) is 1. The minimum atomic E-state index is -3.82. The molecule has 3 aliphatic heterocycles. The molecule has 0 aromatic heterocycles. The highest BCUT2D eigenvalue weighted by Crippen LogP contribution is 2.49. The predicted molar refractivity (Wildman–Crippen MR) is 187 cm³/mol. The first-order valence-electron chi connectivity index (χ1n) is 17.8. The molecule has 1 N–H and O–H groups in total. The maximum atomic E-state index is 13.4. The molecule has 0 radical (unpaired) electrons. The Morgan fingerprint density at radius 3 is 2.56 bits per heavy atom. The second kappa shape index (κ2) is 13.7. The van der Waals surface area contributed by atoms with Crippen LogP contribution >= 0.6 is 11.6 Å². The highest BCUT2D eigenvalue weighted by molar-refractivity contribution is 7.90. The van der Waals surface area contributed by atoms with Crippen molar-refractivity contribution in [2.24, 2.45) is 23.7 Å². The average molecular weight is 700 g/mol. The number of anilines is 1. The van der Waals surface area contributed by atoms with Gasteiger partial charge in [0.1, 0.15) is 5.75 Å². The lowest BCUT2D eigenvalue weighted by molar-refractivity contribution is -0.240. The number of carbonyl (C=O) groups is 1. The number of ether oxygens (including phenoxy) is 3. The number of nitrogens with one attached hydrogen (secondary N) is 1. The Bertz CT molecular complexity index is 1610. The Morgan fingerprint density at radius 1 is 1.00 bits per heavy atom. The largest absolute Gasteiger partial charge is 0.490 e. The monoisotopic (exact) mass is 699 g/mol. The Hall–Kier alpha value is -2.37. The van der Waals surface area contributed by atoms with Crippen LogP contribution in [0.15, 0.2) is 36.4 Å². The zero-order valence-corrected chi connectivity index (χ0v) is 30.0. The summed E-state index contributed by atoms with van der Waals surface area (Å²) in [4.78, 5) is 18.0. The van der Waals surface area contributed by atoms with Gasteiger partial charge < -0.3 is 24.0 Å². The Kier molecular flexibility index (Phi) is 9.76. The molecule has 262 valence electrons. The van der Waals surface area contributed by atoms with Crippen LogP contribution in [0.25, 0.3) is 0 Å². The number of carbonyl (C=O) groups excluding carboxylic acids is 1. The quantitative estimate of drug-likeness (QED) is 0.431. The second-order valence-electron chi connectivity index (χ2n) is 15.4. The molecular weight excluding hydrogens is 650 g/mol. The molecule has 1 amide bonds. The molecule has 3 heterocycles. The van der Waals surface area contributed by atoms with Gasteiger partial charge in [0.25, 0.3) is 5.91 Å². The smallest absolute Gasteiger partial charge is 0.264 e. The molecule has 9 nitrogen and oxygen atoms in total. The van der Waals surface area contributed by atoms with Gasteiger partial charge in [0.05, 0.1) is 37.3 Å². The molecule has 2 aliphatic carbocycles. The molecule has 1 spiro atoms. The van der Waals surface area contributed by atoms with Crippen LogP contribution in [-0.2, 0) is 31.3 Å². The number of nitrogens with zero attached hydrogens (tertiary/aromatic N) is 2. The predicted octanol–water partition coefficient (Wildman–Crippen LogP) is 5.64. The van der Waals surface area contributed by atoms with Crippen molar-refractivity contribution in [2.45, 2.75) is 76.0 Å². The second-order valence-corrected chi connectivity index (χ2v) is 17.6. The molecule has 0 unspecified atom stereocenters. The molecule has 2 aromatic carbocycles. The molecular formula is C37H50ClN3O6S. The van der Waals surface area contributed by atoms with E-state index in [4.69, 9.17) is 25.8 Å². The van der Waals surface area contributed by atoms with Crippen LogP contribution in [0.1, 0.15) is 73.4 Å². The number of aryl methyl sites for hydroxylation is 1. The summed E-state index contributed by atoms with van der Waals surface area (Å²) in [6.45, 7) is 5.32. The van der Waals surface area contributed by atoms with Gasteiger partial charge in [0.15, 0.2) is 6.29 Å². The van der Waals surface area contributed by atoms with Crippen molar-refractivity contribution in [2.75, 3.05) is 57.7 Å². The number of rotatable bonds is 2. The Balaban J connectivity index is 1.25. The molecule has 11 heteroatoms. The summed E-state index contributed by atoms with van der Waals surface area (Å²) in [5, 5.41) is 0.751. The van der Waals surface area contributed by atoms with Crippen molar-refractivity contribution in [1.82, 2.24) is 9.62 Å². The number of sulfonamides is 1. The van der Waals surface area contributed by atoms with Crippen molar-refractivity contribution < 1.29 is 27.4 Å². The van der Waals surface area contributed by atoms with Gasteiger partial charge in [-0.05, 0) is 118 Å². The Morgan fingerprint density at radius 2 is 1.81 bits per heavy atom. The van der Waals surface area contributed by atoms with Crippen LogP contribution in [0.4, 0.5) is 5.69 Å². The number of fused-ring (bicyclic) bond motifs is 4. The number of amides is 1. The zero-order valence-electron chi connectivity index (χ0n) is 28.5. The van der Waals surface area contributed by atoms with E-state index in [9.17, 15) is 13.2 Å². The SMILES string of the molecule is C[C@H]1CCC[C@H]([C@H]2OC[C@@H](N(C)C)CO2)[C@@H]2CC[C@H]2CN2C[C@@]3(CCCc4cc(Cl)ccc43)COc3ccc(cc32)C(=O)NS(=O)(=O)C1. The standard InChI is InChI=1S/C37H50ClN3O6S/c1-24-6-4-8-31(36-45-19-29(20-46-36)40(2)3)30-12-9-27(30)18-41-22-37(15-5-7-25-16-28(38)11-13-32(25)37)23-47-34-14-10-26(17-33(34)41)35(42)39-48(43,44)21-24/h10-11,13-14,16-17,24,27,29-31,36H,4-9,12,15,18-23H2,1-3H3,(H,39,42)/t24-,27-,29-,30+,31-,36+,37-/m0/s1. The lowest BCUT2D eigenvalue weighted by Gasteiger charge is -2.49. The topological polar surface area (TPSA) is 97.4 Å². The van der Waals surface area contributed by atoms with Crippen molar-refractivity contribution in [1.29, 1.82) is 0 Å². The van der Waals surface area contributed by atoms with Crippen LogP contribution in [0.5, 0.6) is 5.75 Å². The van der Waals surface area contributed by atoms with E-state index in [1.54, 1.807) is 6.07 Å². The summed E-state index contributed by atoms with van der Waals surface area (Å²) in [7, 11) is 0.295. The van der Waals surface area contributed by atoms with Crippen LogP contribution in [0.2, 0.25) is 5.02 Å². The molecule has 1 saturated heterocycles. The number of hydrogen-bond donors (Lipinski definition) is 1. The molecule has 2 aromatic rings. The summed E-state index contributed by atoms with van der Waals surface area (Å²) in [5.74, 6) is 1.01. The summed E-state index contributed by atoms with van der Waals surface area (Å²) < 4.78 is 48.2. The minimum Gasteiger partial charge on any atom is -0.490 e. The first kappa shape index (κ1) is 34.1. The minimum absolute atomic E-state index is 0.0901. The highest BCUT2D eigenvalue weighted by Gasteiger charge is 2.46. The van der Waals surface area contributed by atoms with Crippen molar-refractivity contribution >= 4 is 33.2 Å². The fourth-order valence-corrected chi connectivity index (χ4v) is 10.5. The van der Waals surface area contributed by atoms with E-state index in [1.807, 2.05) is 25.1 Å². The lowest BCUT2D eigenvalue weighted by Crippen LogP contribution is -2.52. The summed E-state index contributed by atoms with van der Waals surface area (Å²) >= 11 is 6.46. The molecule has 5 atom stereocenters. The van der Waals surface area contributed by atoms with Crippen LogP contribution in [-0.4, -0.2) is 84.3 Å². The molecule has 1 saturated carbocycles. The highest BCUT2D eigenvalue weighted by atomic mass is 35.5. The first-order chi connectivity index (χ1) is 23.0. The third kappa shape index (κ3) is 6.97. The van der Waals surface area contributed by atoms with E-state index in [0.717, 1.165) is 80.9 Å². The van der Waals surface area contributed by atoms with Gasteiger partial charge in [0.2, 0.25) is 10.0 Å². The lowest BCUT2D eigenvalue weighted by atomic mass is 9.64. The van der Waals surface area contributed by atoms with Gasteiger partial charge in [-0.3, -0.25) is 4.79 Å². The maximum Gasteiger partial charge on any atom is 0.264 e. The molecule has 2 bridgehead atoms. The van der Waals surface area contributed by atoms with E-state index in [-0.39, 0.29) is 35.3 Å². The molecule has 7 rings (SSSR count). The maximum absolute atomic E-state index is 13.4. The van der Waals surface area contributed by atoms with E-state index >= 15 is 0 Å². The Labute approximate surface area is 290 Å². The van der Waals surface area contributed by atoms with E-state index in [0.29, 0.717) is 37.2 Å². The van der Waals surface area contributed by atoms with Gasteiger partial charge in [-0.25, -0.2) is 13.1 Å². The normalized spacial score (nSPS) is 33.9. The molecule has 48 heavy (non-hydrogen) atoms. The van der Waals surface area contributed by atoms with Crippen molar-refractivity contribution in [3.63, 3.8) is 0 Å². The number of hydrogen-bond acceptors (Lipinski definition) is 8. The first-order valence-corrected chi connectivity index (χ1v) is 19.8. The summed E-state index contributed by atoms with van der Waals surface area (Å²) in [5.41, 5.74) is 3.50. The fourth-order valence-electron chi connectivity index (χ4n) is 8.93. The zero-order chi connectivity index (χ0) is 33.6. The summed E-state index contributed by atoms with van der Waals surface area (Å²) in [6.07, 6.45) is 7.54. The van der Waals surface area contributed by atoms with Crippen LogP contribution in [0, 0.1) is 23.7 Å². The average Bonchev–Trinajstić information content (AvgIpc) is 3.18. The third-order valence-electron chi connectivity index (χ3n) is 11.8. The van der Waals surface area contributed by atoms with Gasteiger partial charge in [-0.15, -0.1) is 0 Å². The van der Waals surface area contributed by atoms with E-state index < -0.39 is 15.9 Å². The number of benzene rings is 2. The van der Waals surface area contributed by atoms with Crippen molar-refractivity contribution in [3.05, 3.63) is 58.1 Å². The van der Waals surface area contributed by atoms with Gasteiger partial charge in [-0.2, -0.15) is 0 Å². The fraction of sp³-hybridized carbons (Fsp3) is 0.649. The molecule has 5 aliphatic rings. The third-order valence-corrected chi connectivity index (χ3v) is 13.5. The van der Waals surface area contributed by atoms with Gasteiger partial charge in [-0.1, -0.05) is 31.0 Å². The van der Waals surface area contributed by atoms with Crippen LogP contribution in [0.3, 0.4) is 0 Å². The molecule has 2 fully saturated rings. The number of halogens is 1. The van der Waals surface area contributed by atoms with Crippen LogP contribution < -0.4 is 14.4 Å². The van der Waals surface area contributed by atoms with E-state index in [1.165, 1.54) is 11.1 Å².